The maximum Gasteiger partial charge on any atom is 0.243 e. The number of hydrogen-bond acceptors (Lipinski definition) is 5. The van der Waals surface area contributed by atoms with Gasteiger partial charge in [0.15, 0.2) is 0 Å². The third-order valence-electron chi connectivity index (χ3n) is 5.53. The molecule has 1 aromatic heterocycles. The van der Waals surface area contributed by atoms with Crippen LogP contribution < -0.4 is 0 Å². The minimum Gasteiger partial charge on any atom is -0.339 e. The summed E-state index contributed by atoms with van der Waals surface area (Å²) in [5.74, 6) is 1.56. The van der Waals surface area contributed by atoms with Crippen LogP contribution in [0.1, 0.15) is 50.0 Å². The summed E-state index contributed by atoms with van der Waals surface area (Å²) in [5.41, 5.74) is 2.02. The first-order chi connectivity index (χ1) is 14.3. The van der Waals surface area contributed by atoms with Crippen molar-refractivity contribution < 1.29 is 12.9 Å². The summed E-state index contributed by atoms with van der Waals surface area (Å²) in [4.78, 5) is 4.89. The molecule has 1 saturated heterocycles. The highest BCUT2D eigenvalue weighted by Crippen LogP contribution is 2.31. The predicted octanol–water partition coefficient (Wildman–Crippen LogP) is 5.19. The van der Waals surface area contributed by atoms with Crippen LogP contribution in [0.2, 0.25) is 0 Å². The molecule has 1 fully saturated rings. The van der Waals surface area contributed by atoms with Crippen molar-refractivity contribution in [3.8, 4) is 11.4 Å². The van der Waals surface area contributed by atoms with Gasteiger partial charge in [-0.2, -0.15) is 9.29 Å². The van der Waals surface area contributed by atoms with Gasteiger partial charge in [-0.25, -0.2) is 8.42 Å². The molecule has 30 heavy (non-hydrogen) atoms. The molecule has 8 heteroatoms. The zero-order valence-corrected chi connectivity index (χ0v) is 19.4. The van der Waals surface area contributed by atoms with E-state index in [0.29, 0.717) is 48.5 Å². The van der Waals surface area contributed by atoms with E-state index in [4.69, 9.17) is 4.52 Å². The lowest BCUT2D eigenvalue weighted by Gasteiger charge is -2.29. The van der Waals surface area contributed by atoms with Gasteiger partial charge < -0.3 is 4.52 Å². The van der Waals surface area contributed by atoms with Gasteiger partial charge in [-0.3, -0.25) is 0 Å². The van der Waals surface area contributed by atoms with Crippen molar-refractivity contribution >= 4 is 26.0 Å². The summed E-state index contributed by atoms with van der Waals surface area (Å²) in [6.07, 6.45) is 1.32. The molecular weight excluding hydrogens is 466 g/mol. The van der Waals surface area contributed by atoms with Gasteiger partial charge in [-0.15, -0.1) is 0 Å². The third kappa shape index (κ3) is 4.36. The van der Waals surface area contributed by atoms with Gasteiger partial charge in [0, 0.05) is 29.0 Å². The van der Waals surface area contributed by atoms with Crippen LogP contribution in [0, 0.1) is 0 Å². The molecular formula is C22H24BrN3O3S. The van der Waals surface area contributed by atoms with Crippen molar-refractivity contribution in [1.82, 2.24) is 14.4 Å². The van der Waals surface area contributed by atoms with Gasteiger partial charge in [0.1, 0.15) is 0 Å². The van der Waals surface area contributed by atoms with Crippen molar-refractivity contribution in [3.63, 3.8) is 0 Å². The van der Waals surface area contributed by atoms with Gasteiger partial charge in [0.05, 0.1) is 4.90 Å². The Hall–Kier alpha value is -2.03. The van der Waals surface area contributed by atoms with Crippen molar-refractivity contribution in [1.29, 1.82) is 0 Å². The first kappa shape index (κ1) is 21.2. The average Bonchev–Trinajstić information content (AvgIpc) is 3.25. The molecule has 158 valence electrons. The monoisotopic (exact) mass is 489 g/mol. The molecule has 0 aliphatic carbocycles. The first-order valence-electron chi connectivity index (χ1n) is 10.0. The van der Waals surface area contributed by atoms with E-state index in [0.717, 1.165) is 15.6 Å². The Morgan fingerprint density at radius 2 is 1.67 bits per heavy atom. The van der Waals surface area contributed by atoms with Crippen LogP contribution in [0.15, 0.2) is 62.4 Å². The average molecular weight is 490 g/mol. The molecule has 1 aliphatic rings. The lowest BCUT2D eigenvalue weighted by molar-refractivity contribution is 0.271. The summed E-state index contributed by atoms with van der Waals surface area (Å²) in [7, 11) is -3.49. The van der Waals surface area contributed by atoms with Crippen LogP contribution in [0.5, 0.6) is 0 Å². The number of aromatic nitrogens is 2. The number of halogens is 1. The second kappa shape index (κ2) is 8.61. The maximum absolute atomic E-state index is 13.0. The minimum absolute atomic E-state index is 0.0662. The number of piperidine rings is 1. The highest BCUT2D eigenvalue weighted by Gasteiger charge is 2.32. The van der Waals surface area contributed by atoms with Crippen LogP contribution in [-0.4, -0.2) is 36.0 Å². The molecule has 2 heterocycles. The Labute approximate surface area is 185 Å². The number of rotatable bonds is 5. The van der Waals surface area contributed by atoms with Gasteiger partial charge in [-0.1, -0.05) is 47.1 Å². The van der Waals surface area contributed by atoms with E-state index in [1.54, 1.807) is 16.4 Å². The van der Waals surface area contributed by atoms with Crippen LogP contribution in [0.3, 0.4) is 0 Å². The van der Waals surface area contributed by atoms with Gasteiger partial charge in [-0.05, 0) is 60.7 Å². The quantitative estimate of drug-likeness (QED) is 0.492. The van der Waals surface area contributed by atoms with E-state index in [1.165, 1.54) is 0 Å². The second-order valence-corrected chi connectivity index (χ2v) is 10.7. The smallest absolute Gasteiger partial charge is 0.243 e. The largest absolute Gasteiger partial charge is 0.339 e. The van der Waals surface area contributed by atoms with Crippen LogP contribution in [0.25, 0.3) is 11.4 Å². The van der Waals surface area contributed by atoms with Gasteiger partial charge >= 0.3 is 0 Å². The highest BCUT2D eigenvalue weighted by atomic mass is 79.9. The standard InChI is InChI=1S/C22H24BrN3O3S/c1-15(2)16-5-9-20(10-6-16)30(27,28)26-13-11-18(12-14-26)22-24-21(25-29-22)17-3-7-19(23)8-4-17/h3-10,15,18H,11-14H2,1-2H3. The van der Waals surface area contributed by atoms with E-state index in [2.05, 4.69) is 39.9 Å². The lowest BCUT2D eigenvalue weighted by atomic mass is 9.98. The van der Waals surface area contributed by atoms with Crippen LogP contribution in [-0.2, 0) is 10.0 Å². The molecule has 3 aromatic rings. The molecule has 0 spiro atoms. The molecule has 4 rings (SSSR count). The highest BCUT2D eigenvalue weighted by molar-refractivity contribution is 9.10. The van der Waals surface area contributed by atoms with E-state index >= 15 is 0 Å². The zero-order valence-electron chi connectivity index (χ0n) is 17.0. The van der Waals surface area contributed by atoms with E-state index in [9.17, 15) is 8.42 Å². The SMILES string of the molecule is CC(C)c1ccc(S(=O)(=O)N2CCC(c3nc(-c4ccc(Br)cc4)no3)CC2)cc1. The maximum atomic E-state index is 13.0. The molecule has 0 radical (unpaired) electrons. The summed E-state index contributed by atoms with van der Waals surface area (Å²) in [6.45, 7) is 5.06. The van der Waals surface area contributed by atoms with Crippen molar-refractivity contribution in [2.24, 2.45) is 0 Å². The number of benzene rings is 2. The number of nitrogens with zero attached hydrogens (tertiary/aromatic N) is 3. The van der Waals surface area contributed by atoms with Crippen molar-refractivity contribution in [2.45, 2.75) is 43.4 Å². The normalized spacial score (nSPS) is 16.3. The van der Waals surface area contributed by atoms with Crippen molar-refractivity contribution in [3.05, 3.63) is 64.5 Å². The Kier molecular flexibility index (Phi) is 6.09. The Bertz CT molecular complexity index is 1100. The summed E-state index contributed by atoms with van der Waals surface area (Å²) >= 11 is 3.42. The zero-order chi connectivity index (χ0) is 21.3. The topological polar surface area (TPSA) is 76.3 Å². The minimum atomic E-state index is -3.49. The van der Waals surface area contributed by atoms with Gasteiger partial charge in [0.25, 0.3) is 0 Å². The Morgan fingerprint density at radius 3 is 2.27 bits per heavy atom. The fourth-order valence-corrected chi connectivity index (χ4v) is 5.37. The third-order valence-corrected chi connectivity index (χ3v) is 7.97. The second-order valence-electron chi connectivity index (χ2n) is 7.87. The molecule has 0 unspecified atom stereocenters. The first-order valence-corrected chi connectivity index (χ1v) is 12.3. The van der Waals surface area contributed by atoms with Crippen LogP contribution >= 0.6 is 15.9 Å². The molecule has 0 amide bonds. The Morgan fingerprint density at radius 1 is 1.03 bits per heavy atom. The van der Waals surface area contributed by atoms with Gasteiger partial charge in [0.2, 0.25) is 21.7 Å². The fraction of sp³-hybridized carbons (Fsp3) is 0.364. The predicted molar refractivity (Wildman–Crippen MR) is 119 cm³/mol. The number of hydrogen-bond donors (Lipinski definition) is 0. The molecule has 1 aliphatic heterocycles. The summed E-state index contributed by atoms with van der Waals surface area (Å²) < 4.78 is 34.0. The van der Waals surface area contributed by atoms with E-state index in [1.807, 2.05) is 36.4 Å². The molecule has 0 bridgehead atoms. The molecule has 0 N–H and O–H groups in total. The van der Waals surface area contributed by atoms with E-state index in [-0.39, 0.29) is 5.92 Å². The van der Waals surface area contributed by atoms with Crippen molar-refractivity contribution in [2.75, 3.05) is 13.1 Å². The molecule has 0 saturated carbocycles. The van der Waals surface area contributed by atoms with E-state index < -0.39 is 10.0 Å². The summed E-state index contributed by atoms with van der Waals surface area (Å²) in [5, 5.41) is 4.10. The molecule has 0 atom stereocenters. The van der Waals surface area contributed by atoms with Crippen LogP contribution in [0.4, 0.5) is 0 Å². The molecule has 2 aromatic carbocycles. The molecule has 6 nitrogen and oxygen atoms in total. The Balaban J connectivity index is 1.43. The lowest BCUT2D eigenvalue weighted by Crippen LogP contribution is -2.37. The summed E-state index contributed by atoms with van der Waals surface area (Å²) in [6, 6.07) is 14.9. The fourth-order valence-electron chi connectivity index (χ4n) is 3.63. The number of sulfonamides is 1.